The van der Waals surface area contributed by atoms with Crippen LogP contribution in [0.2, 0.25) is 0 Å². The van der Waals surface area contributed by atoms with Crippen molar-refractivity contribution in [2.45, 2.75) is 65.1 Å². The van der Waals surface area contributed by atoms with Gasteiger partial charge in [0.2, 0.25) is 11.3 Å². The Morgan fingerprint density at radius 1 is 1.32 bits per heavy atom. The summed E-state index contributed by atoms with van der Waals surface area (Å²) in [6.45, 7) is 7.05. The zero-order valence-corrected chi connectivity index (χ0v) is 15.3. The van der Waals surface area contributed by atoms with Gasteiger partial charge in [-0.2, -0.15) is 5.10 Å². The molecule has 5 nitrogen and oxygen atoms in total. The van der Waals surface area contributed by atoms with Crippen molar-refractivity contribution in [3.8, 4) is 0 Å². The van der Waals surface area contributed by atoms with Crippen LogP contribution in [0.25, 0.3) is 10.9 Å². The van der Waals surface area contributed by atoms with Crippen molar-refractivity contribution in [1.29, 1.82) is 0 Å². The molecule has 0 N–H and O–H groups in total. The molecule has 1 heterocycles. The quantitative estimate of drug-likeness (QED) is 0.777. The Labute approximate surface area is 148 Å². The molecule has 5 heteroatoms. The topological polar surface area (TPSA) is 55.2 Å². The van der Waals surface area contributed by atoms with Crippen molar-refractivity contribution in [3.63, 3.8) is 0 Å². The maximum absolute atomic E-state index is 12.9. The molecule has 0 radical (unpaired) electrons. The molecule has 0 unspecified atom stereocenters. The van der Waals surface area contributed by atoms with Gasteiger partial charge in [-0.25, -0.2) is 0 Å². The van der Waals surface area contributed by atoms with Gasteiger partial charge in [0.15, 0.2) is 0 Å². The molecule has 1 saturated carbocycles. The summed E-state index contributed by atoms with van der Waals surface area (Å²) in [6, 6.07) is 8.11. The van der Waals surface area contributed by atoms with Gasteiger partial charge in [0.25, 0.3) is 0 Å². The van der Waals surface area contributed by atoms with E-state index in [4.69, 9.17) is 0 Å². The van der Waals surface area contributed by atoms with E-state index in [2.05, 4.69) is 30.8 Å². The first-order chi connectivity index (χ1) is 12.0. The Hall–Kier alpha value is -2.17. The number of benzene rings is 1. The number of aryl methyl sites for hydroxylation is 1. The molecule has 1 aliphatic carbocycles. The Bertz CT molecular complexity index is 810. The van der Waals surface area contributed by atoms with Gasteiger partial charge in [-0.05, 0) is 37.8 Å². The lowest BCUT2D eigenvalue weighted by atomic mass is 9.98. The van der Waals surface area contributed by atoms with Crippen molar-refractivity contribution in [2.24, 2.45) is 5.92 Å². The first-order valence-corrected chi connectivity index (χ1v) is 9.29. The van der Waals surface area contributed by atoms with E-state index in [0.717, 1.165) is 24.8 Å². The summed E-state index contributed by atoms with van der Waals surface area (Å²) in [5.41, 5.74) is 0.707. The van der Waals surface area contributed by atoms with Crippen molar-refractivity contribution < 1.29 is 4.79 Å². The Morgan fingerprint density at radius 3 is 2.72 bits per heavy atom. The lowest BCUT2D eigenvalue weighted by Gasteiger charge is -2.33. The van der Waals surface area contributed by atoms with Crippen molar-refractivity contribution in [3.05, 3.63) is 40.7 Å². The van der Waals surface area contributed by atoms with Gasteiger partial charge in [0.1, 0.15) is 0 Å². The standard InChI is InChI=1S/C20H27N3O2/c1-4-14(2)15(3)23(16-9-10-16)20(25)11-12-22-18-8-6-5-7-17(18)19(24)13-21-22/h5-8,13-16H,4,9-12H2,1-3H3/t14-,15-/m1/s1. The molecule has 2 atom stereocenters. The molecule has 1 fully saturated rings. The van der Waals surface area contributed by atoms with Crippen LogP contribution >= 0.6 is 0 Å². The van der Waals surface area contributed by atoms with E-state index in [9.17, 15) is 9.59 Å². The minimum absolute atomic E-state index is 0.0804. The van der Waals surface area contributed by atoms with Crippen LogP contribution in [0.4, 0.5) is 0 Å². The largest absolute Gasteiger partial charge is 0.337 e. The van der Waals surface area contributed by atoms with Gasteiger partial charge in [-0.1, -0.05) is 32.4 Å². The normalized spacial score (nSPS) is 16.6. The number of para-hydroxylation sites is 1. The molecular formula is C20H27N3O2. The van der Waals surface area contributed by atoms with Gasteiger partial charge in [0, 0.05) is 23.9 Å². The highest BCUT2D eigenvalue weighted by Crippen LogP contribution is 2.32. The zero-order valence-electron chi connectivity index (χ0n) is 15.3. The van der Waals surface area contributed by atoms with Crippen LogP contribution in [-0.4, -0.2) is 32.7 Å². The summed E-state index contributed by atoms with van der Waals surface area (Å²) in [6.07, 6.45) is 5.06. The van der Waals surface area contributed by atoms with Crippen molar-refractivity contribution in [1.82, 2.24) is 14.7 Å². The molecule has 1 amide bonds. The molecule has 134 valence electrons. The molecule has 2 aromatic rings. The van der Waals surface area contributed by atoms with Crippen LogP contribution in [0.5, 0.6) is 0 Å². The fraction of sp³-hybridized carbons (Fsp3) is 0.550. The lowest BCUT2D eigenvalue weighted by molar-refractivity contribution is -0.135. The molecule has 1 aliphatic rings. The highest BCUT2D eigenvalue weighted by Gasteiger charge is 2.36. The van der Waals surface area contributed by atoms with Gasteiger partial charge >= 0.3 is 0 Å². The highest BCUT2D eigenvalue weighted by atomic mass is 16.2. The van der Waals surface area contributed by atoms with E-state index in [-0.39, 0.29) is 17.4 Å². The first kappa shape index (κ1) is 17.6. The average Bonchev–Trinajstić information content (AvgIpc) is 3.45. The zero-order chi connectivity index (χ0) is 18.0. The fourth-order valence-corrected chi connectivity index (χ4v) is 3.40. The highest BCUT2D eigenvalue weighted by molar-refractivity contribution is 5.79. The molecule has 1 aromatic carbocycles. The third kappa shape index (κ3) is 3.75. The van der Waals surface area contributed by atoms with E-state index in [1.54, 1.807) is 10.7 Å². The summed E-state index contributed by atoms with van der Waals surface area (Å²) in [5, 5.41) is 4.88. The number of aromatic nitrogens is 2. The fourth-order valence-electron chi connectivity index (χ4n) is 3.40. The molecule has 1 aromatic heterocycles. The van der Waals surface area contributed by atoms with E-state index < -0.39 is 0 Å². The molecule has 0 saturated heterocycles. The summed E-state index contributed by atoms with van der Waals surface area (Å²) in [5.74, 6) is 0.691. The second kappa shape index (κ2) is 7.38. The minimum Gasteiger partial charge on any atom is -0.337 e. The van der Waals surface area contributed by atoms with Crippen LogP contribution in [0.1, 0.15) is 46.5 Å². The van der Waals surface area contributed by atoms with E-state index in [1.807, 2.05) is 18.2 Å². The summed E-state index contributed by atoms with van der Waals surface area (Å²) in [4.78, 5) is 26.9. The monoisotopic (exact) mass is 341 g/mol. The SMILES string of the molecule is CC[C@@H](C)[C@@H](C)N(C(=O)CCn1ncc(=O)c2ccccc21)C1CC1. The van der Waals surface area contributed by atoms with Crippen LogP contribution in [-0.2, 0) is 11.3 Å². The number of fused-ring (bicyclic) bond motifs is 1. The van der Waals surface area contributed by atoms with Crippen LogP contribution < -0.4 is 5.43 Å². The van der Waals surface area contributed by atoms with Crippen molar-refractivity contribution in [2.75, 3.05) is 0 Å². The maximum atomic E-state index is 12.9. The second-order valence-electron chi connectivity index (χ2n) is 7.16. The Balaban J connectivity index is 1.75. The number of carbonyl (C=O) groups excluding carboxylic acids is 1. The molecule has 0 aliphatic heterocycles. The summed E-state index contributed by atoms with van der Waals surface area (Å²) in [7, 11) is 0. The molecule has 0 bridgehead atoms. The molecule has 25 heavy (non-hydrogen) atoms. The van der Waals surface area contributed by atoms with Gasteiger partial charge in [0.05, 0.1) is 18.3 Å². The Kier molecular flexibility index (Phi) is 5.21. The van der Waals surface area contributed by atoms with Crippen LogP contribution in [0.3, 0.4) is 0 Å². The number of hydrogen-bond donors (Lipinski definition) is 0. The predicted molar refractivity (Wildman–Crippen MR) is 99.4 cm³/mol. The molecular weight excluding hydrogens is 314 g/mol. The van der Waals surface area contributed by atoms with Crippen LogP contribution in [0.15, 0.2) is 35.3 Å². The van der Waals surface area contributed by atoms with Gasteiger partial charge < -0.3 is 4.90 Å². The van der Waals surface area contributed by atoms with E-state index in [1.165, 1.54) is 6.20 Å². The second-order valence-corrected chi connectivity index (χ2v) is 7.16. The number of nitrogens with zero attached hydrogens (tertiary/aromatic N) is 3. The van der Waals surface area contributed by atoms with E-state index >= 15 is 0 Å². The minimum atomic E-state index is -0.0804. The molecule has 0 spiro atoms. The third-order valence-corrected chi connectivity index (χ3v) is 5.43. The smallest absolute Gasteiger partial charge is 0.224 e. The summed E-state index contributed by atoms with van der Waals surface area (Å²) >= 11 is 0. The maximum Gasteiger partial charge on any atom is 0.224 e. The van der Waals surface area contributed by atoms with Crippen molar-refractivity contribution >= 4 is 16.8 Å². The van der Waals surface area contributed by atoms with Gasteiger partial charge in [-0.15, -0.1) is 0 Å². The van der Waals surface area contributed by atoms with E-state index in [0.29, 0.717) is 30.3 Å². The predicted octanol–water partition coefficient (Wildman–Crippen LogP) is 3.21. The lowest BCUT2D eigenvalue weighted by Crippen LogP contribution is -2.44. The number of rotatable bonds is 7. The average molecular weight is 341 g/mol. The van der Waals surface area contributed by atoms with Crippen LogP contribution in [0, 0.1) is 5.92 Å². The Morgan fingerprint density at radius 2 is 2.04 bits per heavy atom. The number of carbonyl (C=O) groups is 1. The summed E-state index contributed by atoms with van der Waals surface area (Å²) < 4.78 is 1.77. The number of amides is 1. The van der Waals surface area contributed by atoms with Gasteiger partial charge in [-0.3, -0.25) is 14.3 Å². The number of hydrogen-bond acceptors (Lipinski definition) is 3. The first-order valence-electron chi connectivity index (χ1n) is 9.29. The third-order valence-electron chi connectivity index (χ3n) is 5.43. The molecule has 3 rings (SSSR count).